The highest BCUT2D eigenvalue weighted by molar-refractivity contribution is 6.05. The van der Waals surface area contributed by atoms with Crippen molar-refractivity contribution in [1.82, 2.24) is 4.90 Å². The summed E-state index contributed by atoms with van der Waals surface area (Å²) in [6, 6.07) is -0.147. The highest BCUT2D eigenvalue weighted by atomic mass is 16.6. The van der Waals surface area contributed by atoms with E-state index in [9.17, 15) is 9.59 Å². The molecule has 1 aliphatic carbocycles. The summed E-state index contributed by atoms with van der Waals surface area (Å²) in [7, 11) is 0. The van der Waals surface area contributed by atoms with Crippen molar-refractivity contribution in [3.05, 3.63) is 11.8 Å². The molecule has 5 heteroatoms. The van der Waals surface area contributed by atoms with Gasteiger partial charge in [0.25, 0.3) is 5.91 Å². The highest BCUT2D eigenvalue weighted by Gasteiger charge is 2.50. The number of fused-ring (bicyclic) bond motifs is 1. The van der Waals surface area contributed by atoms with Gasteiger partial charge in [0.15, 0.2) is 0 Å². The van der Waals surface area contributed by atoms with Crippen LogP contribution in [0.2, 0.25) is 0 Å². The molecular weight excluding hydrogens is 270 g/mol. The molecule has 2 amide bonds. The highest BCUT2D eigenvalue weighted by Crippen LogP contribution is 2.42. The summed E-state index contributed by atoms with van der Waals surface area (Å²) in [4.78, 5) is 25.3. The average molecular weight is 297 g/mol. The van der Waals surface area contributed by atoms with E-state index in [4.69, 9.17) is 9.84 Å². The zero-order valence-electron chi connectivity index (χ0n) is 13.7. The van der Waals surface area contributed by atoms with Gasteiger partial charge in [-0.25, -0.2) is 9.69 Å². The largest absolute Gasteiger partial charge is 0.515 e. The van der Waals surface area contributed by atoms with E-state index in [-0.39, 0.29) is 12.0 Å². The molecule has 21 heavy (non-hydrogen) atoms. The van der Waals surface area contributed by atoms with Crippen molar-refractivity contribution >= 4 is 12.0 Å². The summed E-state index contributed by atoms with van der Waals surface area (Å²) < 4.78 is 5.25. The maximum Gasteiger partial charge on any atom is 0.417 e. The van der Waals surface area contributed by atoms with Gasteiger partial charge >= 0.3 is 6.09 Å². The summed E-state index contributed by atoms with van der Waals surface area (Å²) >= 11 is 0. The molecular formula is C16H27NO4. The Hall–Kier alpha value is -1.52. The van der Waals surface area contributed by atoms with Gasteiger partial charge in [0.1, 0.15) is 5.60 Å². The number of hydrogen-bond donors (Lipinski definition) is 1. The molecule has 1 heterocycles. The second-order valence-electron chi connectivity index (χ2n) is 6.55. The summed E-state index contributed by atoms with van der Waals surface area (Å²) in [5.41, 5.74) is -0.291. The minimum atomic E-state index is -0.628. The molecule has 1 aliphatic heterocycles. The van der Waals surface area contributed by atoms with E-state index in [0.717, 1.165) is 25.5 Å². The Bertz CT molecular complexity index is 422. The number of amides is 2. The summed E-state index contributed by atoms with van der Waals surface area (Å²) in [6.45, 7) is 9.54. The SMILES string of the molecule is CC(C)(C)OC(=O)N1C(=O)/C(=C/O)[C@H]2CCCC21.CCC. The Balaban J connectivity index is 0.000000677. The van der Waals surface area contributed by atoms with E-state index >= 15 is 0 Å². The summed E-state index contributed by atoms with van der Waals surface area (Å²) in [6.07, 6.45) is 4.06. The molecule has 1 N–H and O–H groups in total. The fourth-order valence-corrected chi connectivity index (χ4v) is 2.74. The van der Waals surface area contributed by atoms with Crippen molar-refractivity contribution in [3.63, 3.8) is 0 Å². The van der Waals surface area contributed by atoms with Gasteiger partial charge in [-0.3, -0.25) is 4.79 Å². The first-order valence-electron chi connectivity index (χ1n) is 7.67. The fraction of sp³-hybridized carbons (Fsp3) is 0.750. The van der Waals surface area contributed by atoms with Gasteiger partial charge in [-0.2, -0.15) is 0 Å². The van der Waals surface area contributed by atoms with Crippen molar-refractivity contribution in [2.24, 2.45) is 5.92 Å². The second-order valence-corrected chi connectivity index (χ2v) is 6.55. The second kappa shape index (κ2) is 6.96. The first kappa shape index (κ1) is 17.5. The van der Waals surface area contributed by atoms with Gasteiger partial charge < -0.3 is 9.84 Å². The van der Waals surface area contributed by atoms with Crippen LogP contribution in [0.25, 0.3) is 0 Å². The quantitative estimate of drug-likeness (QED) is 0.545. The Kier molecular flexibility index (Phi) is 5.81. The lowest BCUT2D eigenvalue weighted by molar-refractivity contribution is -0.125. The molecule has 0 spiro atoms. The first-order chi connectivity index (χ1) is 9.76. The predicted octanol–water partition coefficient (Wildman–Crippen LogP) is 3.79. The Morgan fingerprint density at radius 1 is 1.38 bits per heavy atom. The van der Waals surface area contributed by atoms with Crippen LogP contribution in [0.3, 0.4) is 0 Å². The van der Waals surface area contributed by atoms with Crippen molar-refractivity contribution in [1.29, 1.82) is 0 Å². The number of nitrogens with zero attached hydrogens (tertiary/aromatic N) is 1. The average Bonchev–Trinajstić information content (AvgIpc) is 2.86. The van der Waals surface area contributed by atoms with Crippen LogP contribution in [0.5, 0.6) is 0 Å². The molecule has 0 bridgehead atoms. The third-order valence-electron chi connectivity index (χ3n) is 3.41. The molecule has 5 nitrogen and oxygen atoms in total. The van der Waals surface area contributed by atoms with Crippen LogP contribution in [-0.2, 0) is 9.53 Å². The lowest BCUT2D eigenvalue weighted by atomic mass is 10.00. The molecule has 0 aromatic carbocycles. The van der Waals surface area contributed by atoms with Crippen LogP contribution in [0.4, 0.5) is 4.79 Å². The van der Waals surface area contributed by atoms with Gasteiger partial charge in [-0.05, 0) is 33.6 Å². The summed E-state index contributed by atoms with van der Waals surface area (Å²) in [5, 5.41) is 9.15. The molecule has 2 atom stereocenters. The third kappa shape index (κ3) is 3.99. The van der Waals surface area contributed by atoms with Crippen LogP contribution < -0.4 is 0 Å². The summed E-state index contributed by atoms with van der Waals surface area (Å²) in [5.74, 6) is -0.448. The van der Waals surface area contributed by atoms with Crippen molar-refractivity contribution in [3.8, 4) is 0 Å². The molecule has 1 saturated carbocycles. The van der Waals surface area contributed by atoms with E-state index in [2.05, 4.69) is 13.8 Å². The molecule has 0 radical (unpaired) electrons. The van der Waals surface area contributed by atoms with Crippen molar-refractivity contribution < 1.29 is 19.4 Å². The van der Waals surface area contributed by atoms with Crippen molar-refractivity contribution in [2.75, 3.05) is 0 Å². The number of ether oxygens (including phenoxy) is 1. The van der Waals surface area contributed by atoms with Crippen LogP contribution in [0.15, 0.2) is 11.8 Å². The molecule has 0 aromatic heterocycles. The zero-order chi connectivity index (χ0) is 16.2. The number of rotatable bonds is 0. The zero-order valence-corrected chi connectivity index (χ0v) is 13.7. The minimum Gasteiger partial charge on any atom is -0.515 e. The lowest BCUT2D eigenvalue weighted by Gasteiger charge is -2.26. The van der Waals surface area contributed by atoms with Gasteiger partial charge in [0, 0.05) is 5.92 Å². The first-order valence-corrected chi connectivity index (χ1v) is 7.67. The molecule has 2 rings (SSSR count). The monoisotopic (exact) mass is 297 g/mol. The Labute approximate surface area is 127 Å². The molecule has 120 valence electrons. The van der Waals surface area contributed by atoms with E-state index in [1.807, 2.05) is 0 Å². The normalized spacial score (nSPS) is 26.4. The van der Waals surface area contributed by atoms with Crippen molar-refractivity contribution in [2.45, 2.75) is 71.9 Å². The number of aliphatic hydroxyl groups excluding tert-OH is 1. The third-order valence-corrected chi connectivity index (χ3v) is 3.41. The standard InChI is InChI=1S/C13H19NO4.C3H8/c1-13(2,3)18-12(17)14-10-6-4-5-8(10)9(7-15)11(14)16;1-3-2/h7-8,10,15H,4-6H2,1-3H3;3H2,1-2H3/b9-7+;/t8-,10?;/m1./s1. The molecule has 2 aliphatic rings. The molecule has 0 aromatic rings. The predicted molar refractivity (Wildman–Crippen MR) is 80.9 cm³/mol. The fourth-order valence-electron chi connectivity index (χ4n) is 2.74. The maximum absolute atomic E-state index is 12.1. The molecule has 2 fully saturated rings. The van der Waals surface area contributed by atoms with Crippen LogP contribution >= 0.6 is 0 Å². The van der Waals surface area contributed by atoms with Crippen LogP contribution in [-0.4, -0.2) is 33.6 Å². The number of imide groups is 1. The molecule has 1 saturated heterocycles. The smallest absolute Gasteiger partial charge is 0.417 e. The van der Waals surface area contributed by atoms with E-state index in [1.165, 1.54) is 11.3 Å². The van der Waals surface area contributed by atoms with E-state index in [1.54, 1.807) is 20.8 Å². The van der Waals surface area contributed by atoms with Gasteiger partial charge in [0.2, 0.25) is 0 Å². The number of carbonyl (C=O) groups excluding carboxylic acids is 2. The minimum absolute atomic E-state index is 0.0324. The van der Waals surface area contributed by atoms with Gasteiger partial charge in [-0.15, -0.1) is 0 Å². The number of hydrogen-bond acceptors (Lipinski definition) is 4. The topological polar surface area (TPSA) is 66.8 Å². The maximum atomic E-state index is 12.1. The van der Waals surface area contributed by atoms with Crippen LogP contribution in [0.1, 0.15) is 60.3 Å². The lowest BCUT2D eigenvalue weighted by Crippen LogP contribution is -2.42. The van der Waals surface area contributed by atoms with Crippen LogP contribution in [0, 0.1) is 5.92 Å². The van der Waals surface area contributed by atoms with E-state index in [0.29, 0.717) is 5.57 Å². The molecule has 1 unspecified atom stereocenters. The number of carbonyl (C=O) groups is 2. The number of aliphatic hydroxyl groups is 1. The van der Waals surface area contributed by atoms with E-state index < -0.39 is 17.6 Å². The Morgan fingerprint density at radius 2 is 1.95 bits per heavy atom. The number of likely N-dealkylation sites (tertiary alicyclic amines) is 1. The van der Waals surface area contributed by atoms with Gasteiger partial charge in [0.05, 0.1) is 17.9 Å². The Morgan fingerprint density at radius 3 is 2.43 bits per heavy atom. The van der Waals surface area contributed by atoms with Gasteiger partial charge in [-0.1, -0.05) is 26.7 Å².